The molecule has 0 aliphatic carbocycles. The van der Waals surface area contributed by atoms with Crippen LogP contribution in [0.3, 0.4) is 0 Å². The summed E-state index contributed by atoms with van der Waals surface area (Å²) in [4.78, 5) is 0. The predicted octanol–water partition coefficient (Wildman–Crippen LogP) is 3.25. The summed E-state index contributed by atoms with van der Waals surface area (Å²) in [6.07, 6.45) is 3.26. The van der Waals surface area contributed by atoms with E-state index in [0.29, 0.717) is 12.4 Å². The summed E-state index contributed by atoms with van der Waals surface area (Å²) in [7, 11) is 1.94. The van der Waals surface area contributed by atoms with Crippen molar-refractivity contribution in [3.63, 3.8) is 0 Å². The first-order valence-corrected chi connectivity index (χ1v) is 5.84. The highest BCUT2D eigenvalue weighted by atomic mass is 35.5. The number of ether oxygens (including phenoxy) is 1. The summed E-state index contributed by atoms with van der Waals surface area (Å²) in [6.45, 7) is 1.67. The summed E-state index contributed by atoms with van der Waals surface area (Å²) in [5.41, 5.74) is 0. The maximum Gasteiger partial charge on any atom is 0.142 e. The highest BCUT2D eigenvalue weighted by molar-refractivity contribution is 6.30. The topological polar surface area (TPSA) is 21.3 Å². The van der Waals surface area contributed by atoms with E-state index in [2.05, 4.69) is 5.32 Å². The van der Waals surface area contributed by atoms with E-state index in [1.807, 2.05) is 7.05 Å². The number of unbranched alkanes of at least 4 members (excludes halogenated alkanes) is 2. The molecule has 4 heteroatoms. The normalized spacial score (nSPS) is 10.4. The molecule has 0 heterocycles. The Balaban J connectivity index is 2.19. The Bertz CT molecular complexity index is 320. The van der Waals surface area contributed by atoms with Crippen LogP contribution in [-0.4, -0.2) is 20.2 Å². The van der Waals surface area contributed by atoms with Gasteiger partial charge in [-0.25, -0.2) is 4.39 Å². The molecule has 1 rings (SSSR count). The Hall–Kier alpha value is -0.800. The minimum absolute atomic E-state index is 0.104. The lowest BCUT2D eigenvalue weighted by Gasteiger charge is -2.06. The van der Waals surface area contributed by atoms with Gasteiger partial charge in [-0.2, -0.15) is 0 Å². The number of rotatable bonds is 7. The molecule has 0 radical (unpaired) electrons. The molecule has 2 nitrogen and oxygen atoms in total. The number of hydrogen-bond donors (Lipinski definition) is 1. The van der Waals surface area contributed by atoms with Gasteiger partial charge >= 0.3 is 0 Å². The summed E-state index contributed by atoms with van der Waals surface area (Å²) < 4.78 is 18.3. The molecule has 1 aromatic carbocycles. The van der Waals surface area contributed by atoms with E-state index in [1.54, 1.807) is 6.07 Å². The van der Waals surface area contributed by atoms with E-state index in [9.17, 15) is 4.39 Å². The number of benzene rings is 1. The van der Waals surface area contributed by atoms with Crippen LogP contribution in [0.4, 0.5) is 4.39 Å². The average molecular weight is 246 g/mol. The zero-order chi connectivity index (χ0) is 11.8. The maximum atomic E-state index is 12.8. The molecule has 1 aromatic rings. The Morgan fingerprint density at radius 1 is 1.31 bits per heavy atom. The van der Waals surface area contributed by atoms with Gasteiger partial charge in [0.1, 0.15) is 11.6 Å². The SMILES string of the molecule is CNCCCCCOc1ccc(F)c(Cl)c1. The third kappa shape index (κ3) is 4.81. The smallest absolute Gasteiger partial charge is 0.142 e. The molecule has 0 aromatic heterocycles. The quantitative estimate of drug-likeness (QED) is 0.745. The van der Waals surface area contributed by atoms with Gasteiger partial charge in [-0.3, -0.25) is 0 Å². The zero-order valence-electron chi connectivity index (χ0n) is 9.43. The van der Waals surface area contributed by atoms with Crippen LogP contribution in [0, 0.1) is 5.82 Å². The maximum absolute atomic E-state index is 12.8. The second-order valence-electron chi connectivity index (χ2n) is 3.59. The average Bonchev–Trinajstić information content (AvgIpc) is 2.28. The van der Waals surface area contributed by atoms with Gasteiger partial charge in [0.15, 0.2) is 0 Å². The van der Waals surface area contributed by atoms with Crippen molar-refractivity contribution in [2.24, 2.45) is 0 Å². The van der Waals surface area contributed by atoms with Crippen molar-refractivity contribution in [2.45, 2.75) is 19.3 Å². The minimum Gasteiger partial charge on any atom is -0.494 e. The minimum atomic E-state index is -0.414. The van der Waals surface area contributed by atoms with Gasteiger partial charge in [-0.15, -0.1) is 0 Å². The van der Waals surface area contributed by atoms with Crippen molar-refractivity contribution in [3.05, 3.63) is 29.0 Å². The Kier molecular flexibility index (Phi) is 6.19. The Morgan fingerprint density at radius 2 is 2.12 bits per heavy atom. The van der Waals surface area contributed by atoms with E-state index >= 15 is 0 Å². The molecular formula is C12H17ClFNO. The first-order chi connectivity index (χ1) is 7.74. The molecule has 0 fully saturated rings. The summed E-state index contributed by atoms with van der Waals surface area (Å²) >= 11 is 5.63. The van der Waals surface area contributed by atoms with Crippen LogP contribution in [0.1, 0.15) is 19.3 Å². The molecule has 0 bridgehead atoms. The van der Waals surface area contributed by atoms with Gasteiger partial charge in [-0.1, -0.05) is 11.6 Å². The van der Waals surface area contributed by atoms with Crippen molar-refractivity contribution in [1.82, 2.24) is 5.32 Å². The summed E-state index contributed by atoms with van der Waals surface area (Å²) in [6, 6.07) is 4.41. The molecule has 0 aliphatic rings. The number of nitrogens with one attached hydrogen (secondary N) is 1. The first kappa shape index (κ1) is 13.3. The van der Waals surface area contributed by atoms with Crippen LogP contribution < -0.4 is 10.1 Å². The molecule has 0 unspecified atom stereocenters. The monoisotopic (exact) mass is 245 g/mol. The van der Waals surface area contributed by atoms with Crippen molar-refractivity contribution in [2.75, 3.05) is 20.2 Å². The van der Waals surface area contributed by atoms with E-state index in [0.717, 1.165) is 25.8 Å². The lowest BCUT2D eigenvalue weighted by atomic mass is 10.2. The van der Waals surface area contributed by atoms with Gasteiger partial charge in [0, 0.05) is 6.07 Å². The second kappa shape index (κ2) is 7.47. The third-order valence-electron chi connectivity index (χ3n) is 2.23. The summed E-state index contributed by atoms with van der Waals surface area (Å²) in [5.74, 6) is 0.211. The molecule has 0 aliphatic heterocycles. The molecule has 0 spiro atoms. The van der Waals surface area contributed by atoms with Crippen molar-refractivity contribution < 1.29 is 9.13 Å². The van der Waals surface area contributed by atoms with E-state index in [1.165, 1.54) is 12.1 Å². The van der Waals surface area contributed by atoms with Crippen molar-refractivity contribution >= 4 is 11.6 Å². The fourth-order valence-corrected chi connectivity index (χ4v) is 1.51. The molecule has 1 N–H and O–H groups in total. The van der Waals surface area contributed by atoms with Gasteiger partial charge in [-0.05, 0) is 45.0 Å². The van der Waals surface area contributed by atoms with E-state index in [-0.39, 0.29) is 5.02 Å². The predicted molar refractivity (Wildman–Crippen MR) is 64.7 cm³/mol. The molecule has 0 saturated heterocycles. The van der Waals surface area contributed by atoms with Gasteiger partial charge < -0.3 is 10.1 Å². The molecule has 0 atom stereocenters. The lowest BCUT2D eigenvalue weighted by Crippen LogP contribution is -2.07. The van der Waals surface area contributed by atoms with Crippen molar-refractivity contribution in [3.8, 4) is 5.75 Å². The largest absolute Gasteiger partial charge is 0.494 e. The van der Waals surface area contributed by atoms with Gasteiger partial charge in [0.05, 0.1) is 11.6 Å². The molecular weight excluding hydrogens is 229 g/mol. The van der Waals surface area contributed by atoms with Crippen LogP contribution in [0.25, 0.3) is 0 Å². The van der Waals surface area contributed by atoms with E-state index < -0.39 is 5.82 Å². The van der Waals surface area contributed by atoms with Gasteiger partial charge in [0.2, 0.25) is 0 Å². The third-order valence-corrected chi connectivity index (χ3v) is 2.52. The van der Waals surface area contributed by atoms with Crippen LogP contribution in [0.2, 0.25) is 5.02 Å². The molecule has 0 saturated carbocycles. The Labute approximate surface area is 101 Å². The van der Waals surface area contributed by atoms with Crippen LogP contribution >= 0.6 is 11.6 Å². The summed E-state index contributed by atoms with van der Waals surface area (Å²) in [5, 5.41) is 3.19. The Morgan fingerprint density at radius 3 is 2.81 bits per heavy atom. The van der Waals surface area contributed by atoms with Crippen LogP contribution in [0.5, 0.6) is 5.75 Å². The molecule has 0 amide bonds. The van der Waals surface area contributed by atoms with Crippen molar-refractivity contribution in [1.29, 1.82) is 0 Å². The lowest BCUT2D eigenvalue weighted by molar-refractivity contribution is 0.304. The molecule has 16 heavy (non-hydrogen) atoms. The van der Waals surface area contributed by atoms with Gasteiger partial charge in [0.25, 0.3) is 0 Å². The highest BCUT2D eigenvalue weighted by Crippen LogP contribution is 2.21. The highest BCUT2D eigenvalue weighted by Gasteiger charge is 2.01. The van der Waals surface area contributed by atoms with Crippen LogP contribution in [0.15, 0.2) is 18.2 Å². The number of halogens is 2. The fraction of sp³-hybridized carbons (Fsp3) is 0.500. The fourth-order valence-electron chi connectivity index (χ4n) is 1.34. The standard InChI is InChI=1S/C12H17ClFNO/c1-15-7-3-2-4-8-16-10-5-6-12(14)11(13)9-10/h5-6,9,15H,2-4,7-8H2,1H3. The molecule has 90 valence electrons. The number of hydrogen-bond acceptors (Lipinski definition) is 2. The first-order valence-electron chi connectivity index (χ1n) is 5.46. The van der Waals surface area contributed by atoms with E-state index in [4.69, 9.17) is 16.3 Å². The van der Waals surface area contributed by atoms with Crippen LogP contribution in [-0.2, 0) is 0 Å². The second-order valence-corrected chi connectivity index (χ2v) is 4.00. The zero-order valence-corrected chi connectivity index (χ0v) is 10.2.